The Morgan fingerprint density at radius 1 is 1.07 bits per heavy atom. The summed E-state index contributed by atoms with van der Waals surface area (Å²) in [7, 11) is 0. The van der Waals surface area contributed by atoms with E-state index in [0.717, 1.165) is 33.8 Å². The predicted octanol–water partition coefficient (Wildman–Crippen LogP) is 5.06. The van der Waals surface area contributed by atoms with Gasteiger partial charge in [-0.2, -0.15) is 0 Å². The van der Waals surface area contributed by atoms with Crippen molar-refractivity contribution in [3.63, 3.8) is 0 Å². The third-order valence-electron chi connectivity index (χ3n) is 5.10. The summed E-state index contributed by atoms with van der Waals surface area (Å²) in [6.45, 7) is 10.9. The highest BCUT2D eigenvalue weighted by Crippen LogP contribution is 2.46. The number of hydrogen-bond donors (Lipinski definition) is 0. The van der Waals surface area contributed by atoms with E-state index in [2.05, 4.69) is 45.9 Å². The fourth-order valence-corrected chi connectivity index (χ4v) is 4.07. The molecular weight excluding hydrogens is 336 g/mol. The molecule has 0 unspecified atom stereocenters. The van der Waals surface area contributed by atoms with Crippen molar-refractivity contribution in [3.05, 3.63) is 59.2 Å². The van der Waals surface area contributed by atoms with E-state index in [9.17, 15) is 4.79 Å². The van der Waals surface area contributed by atoms with Crippen LogP contribution >= 0.6 is 0 Å². The number of allylic oxidation sites excluding steroid dienone is 1. The average Bonchev–Trinajstić information content (AvgIpc) is 2.88. The first-order valence-electron chi connectivity index (χ1n) is 9.33. The second kappa shape index (κ2) is 6.08. The van der Waals surface area contributed by atoms with Gasteiger partial charge >= 0.3 is 0 Å². The monoisotopic (exact) mass is 360 g/mol. The van der Waals surface area contributed by atoms with Gasteiger partial charge in [0.15, 0.2) is 0 Å². The molecule has 0 saturated heterocycles. The van der Waals surface area contributed by atoms with Crippen LogP contribution in [-0.4, -0.2) is 23.8 Å². The minimum Gasteiger partial charge on any atom is -0.494 e. The number of nitrogens with zero attached hydrogens (tertiary/aromatic N) is 2. The van der Waals surface area contributed by atoms with Crippen molar-refractivity contribution in [1.29, 1.82) is 0 Å². The molecule has 2 aliphatic heterocycles. The summed E-state index contributed by atoms with van der Waals surface area (Å²) in [4.78, 5) is 19.9. The van der Waals surface area contributed by atoms with Crippen LogP contribution in [0, 0.1) is 6.92 Å². The number of aliphatic imine (C=N–C) groups is 1. The molecule has 0 aromatic heterocycles. The number of anilines is 1. The molecule has 1 amide bonds. The van der Waals surface area contributed by atoms with Crippen LogP contribution in [0.25, 0.3) is 5.57 Å². The van der Waals surface area contributed by atoms with E-state index in [4.69, 9.17) is 9.73 Å². The smallest absolute Gasteiger partial charge is 0.278 e. The van der Waals surface area contributed by atoms with Gasteiger partial charge in [0.1, 0.15) is 11.5 Å². The van der Waals surface area contributed by atoms with Gasteiger partial charge in [0.25, 0.3) is 5.91 Å². The van der Waals surface area contributed by atoms with Crippen molar-refractivity contribution in [2.75, 3.05) is 11.5 Å². The molecule has 2 heterocycles. The Hall–Kier alpha value is -2.88. The highest BCUT2D eigenvalue weighted by molar-refractivity contribution is 6.55. The molecule has 2 aliphatic rings. The van der Waals surface area contributed by atoms with E-state index in [1.165, 1.54) is 5.57 Å². The standard InChI is InChI=1S/C23H24N2O2/c1-6-27-17-9-7-16(8-10-17)24-20-19-12-14(2)11-18-15(3)13-23(4,5)25(21(18)19)22(20)26/h7-13H,6H2,1-5H3. The van der Waals surface area contributed by atoms with E-state index >= 15 is 0 Å². The number of rotatable bonds is 3. The fourth-order valence-electron chi connectivity index (χ4n) is 4.07. The van der Waals surface area contributed by atoms with Crippen molar-refractivity contribution < 1.29 is 9.53 Å². The molecule has 0 N–H and O–H groups in total. The van der Waals surface area contributed by atoms with Gasteiger partial charge in [-0.15, -0.1) is 0 Å². The summed E-state index contributed by atoms with van der Waals surface area (Å²) >= 11 is 0. The summed E-state index contributed by atoms with van der Waals surface area (Å²) < 4.78 is 5.49. The van der Waals surface area contributed by atoms with Crippen molar-refractivity contribution in [2.45, 2.75) is 40.2 Å². The lowest BCUT2D eigenvalue weighted by Crippen LogP contribution is -2.47. The highest BCUT2D eigenvalue weighted by atomic mass is 16.5. The van der Waals surface area contributed by atoms with Crippen LogP contribution in [0.4, 0.5) is 11.4 Å². The van der Waals surface area contributed by atoms with E-state index in [1.54, 1.807) is 0 Å². The number of ether oxygens (including phenoxy) is 1. The molecule has 2 aromatic rings. The number of carbonyl (C=O) groups excluding carboxylic acids is 1. The Morgan fingerprint density at radius 2 is 1.74 bits per heavy atom. The zero-order valence-electron chi connectivity index (χ0n) is 16.5. The largest absolute Gasteiger partial charge is 0.494 e. The summed E-state index contributed by atoms with van der Waals surface area (Å²) in [6, 6.07) is 11.8. The van der Waals surface area contributed by atoms with Gasteiger partial charge < -0.3 is 4.74 Å². The first kappa shape index (κ1) is 17.5. The molecule has 0 aliphatic carbocycles. The van der Waals surface area contributed by atoms with Gasteiger partial charge in [0.2, 0.25) is 0 Å². The maximum Gasteiger partial charge on any atom is 0.278 e. The molecule has 0 bridgehead atoms. The fraction of sp³-hybridized carbons (Fsp3) is 0.304. The Balaban J connectivity index is 1.87. The highest BCUT2D eigenvalue weighted by Gasteiger charge is 2.45. The van der Waals surface area contributed by atoms with Gasteiger partial charge in [0.05, 0.1) is 23.5 Å². The van der Waals surface area contributed by atoms with E-state index < -0.39 is 0 Å². The van der Waals surface area contributed by atoms with Gasteiger partial charge in [0, 0.05) is 11.1 Å². The summed E-state index contributed by atoms with van der Waals surface area (Å²) in [5.41, 5.74) is 6.24. The molecule has 0 atom stereocenters. The summed E-state index contributed by atoms with van der Waals surface area (Å²) in [5.74, 6) is 0.762. The minimum atomic E-state index is -0.381. The average molecular weight is 360 g/mol. The minimum absolute atomic E-state index is 0.0421. The normalized spacial score (nSPS) is 18.6. The van der Waals surface area contributed by atoms with Gasteiger partial charge in [-0.05, 0) is 82.2 Å². The van der Waals surface area contributed by atoms with Crippen LogP contribution in [0.2, 0.25) is 0 Å². The first-order chi connectivity index (χ1) is 12.8. The van der Waals surface area contributed by atoms with Gasteiger partial charge in [-0.3, -0.25) is 9.69 Å². The number of hydrogen-bond acceptors (Lipinski definition) is 3. The van der Waals surface area contributed by atoms with Crippen LogP contribution in [0.1, 0.15) is 44.4 Å². The van der Waals surface area contributed by atoms with E-state index in [1.807, 2.05) is 36.1 Å². The second-order valence-electron chi connectivity index (χ2n) is 7.72. The van der Waals surface area contributed by atoms with Gasteiger partial charge in [-0.1, -0.05) is 6.08 Å². The third-order valence-corrected chi connectivity index (χ3v) is 5.10. The zero-order chi connectivity index (χ0) is 19.3. The van der Waals surface area contributed by atoms with Crippen LogP contribution in [0.15, 0.2) is 47.5 Å². The van der Waals surface area contributed by atoms with Crippen LogP contribution < -0.4 is 9.64 Å². The molecule has 138 valence electrons. The Bertz CT molecular complexity index is 998. The molecule has 27 heavy (non-hydrogen) atoms. The Morgan fingerprint density at radius 3 is 2.41 bits per heavy atom. The molecule has 4 rings (SSSR count). The summed E-state index contributed by atoms with van der Waals surface area (Å²) in [6.07, 6.45) is 2.16. The van der Waals surface area contributed by atoms with E-state index in [-0.39, 0.29) is 11.4 Å². The SMILES string of the molecule is CCOc1ccc(N=C2C(=O)N3c4c(cc(C)cc42)C(C)=CC3(C)C)cc1. The number of aryl methyl sites for hydroxylation is 1. The molecule has 0 radical (unpaired) electrons. The number of benzene rings is 2. The zero-order valence-corrected chi connectivity index (χ0v) is 16.5. The van der Waals surface area contributed by atoms with Crippen molar-refractivity contribution >= 4 is 28.6 Å². The lowest BCUT2D eigenvalue weighted by atomic mass is 9.88. The van der Waals surface area contributed by atoms with Crippen LogP contribution in [0.5, 0.6) is 5.75 Å². The van der Waals surface area contributed by atoms with Crippen molar-refractivity contribution in [2.24, 2.45) is 4.99 Å². The van der Waals surface area contributed by atoms with Gasteiger partial charge in [-0.25, -0.2) is 4.99 Å². The molecule has 0 saturated carbocycles. The second-order valence-corrected chi connectivity index (χ2v) is 7.72. The number of amides is 1. The molecule has 4 nitrogen and oxygen atoms in total. The Kier molecular flexibility index (Phi) is 3.95. The summed E-state index contributed by atoms with van der Waals surface area (Å²) in [5, 5.41) is 0. The topological polar surface area (TPSA) is 41.9 Å². The first-order valence-corrected chi connectivity index (χ1v) is 9.33. The molecular formula is C23H24N2O2. The predicted molar refractivity (Wildman–Crippen MR) is 110 cm³/mol. The number of carbonyl (C=O) groups is 1. The Labute approximate surface area is 160 Å². The van der Waals surface area contributed by atoms with Crippen molar-refractivity contribution in [3.8, 4) is 5.75 Å². The van der Waals surface area contributed by atoms with E-state index in [0.29, 0.717) is 12.3 Å². The van der Waals surface area contributed by atoms with Crippen LogP contribution in [-0.2, 0) is 4.79 Å². The quantitative estimate of drug-likeness (QED) is 0.768. The maximum atomic E-state index is 13.3. The molecule has 0 spiro atoms. The third kappa shape index (κ3) is 2.76. The molecule has 0 fully saturated rings. The van der Waals surface area contributed by atoms with Crippen LogP contribution in [0.3, 0.4) is 0 Å². The lowest BCUT2D eigenvalue weighted by molar-refractivity contribution is -0.112. The maximum absolute atomic E-state index is 13.3. The molecule has 4 heteroatoms. The van der Waals surface area contributed by atoms with Crippen molar-refractivity contribution in [1.82, 2.24) is 0 Å². The molecule has 2 aromatic carbocycles. The lowest BCUT2D eigenvalue weighted by Gasteiger charge is -2.38.